The monoisotopic (exact) mass is 356 g/mol. The molecule has 1 saturated heterocycles. The Hall–Kier alpha value is -2.33. The molecule has 0 spiro atoms. The maximum absolute atomic E-state index is 12.9. The number of anilines is 1. The first-order valence-electron chi connectivity index (χ1n) is 8.34. The van der Waals surface area contributed by atoms with Crippen molar-refractivity contribution >= 4 is 29.1 Å². The van der Waals surface area contributed by atoms with E-state index in [0.717, 1.165) is 16.8 Å². The number of nitrogens with zero attached hydrogens (tertiary/aromatic N) is 2. The number of rotatable bonds is 2. The molecule has 25 heavy (non-hydrogen) atoms. The first-order valence-corrected chi connectivity index (χ1v) is 8.72. The summed E-state index contributed by atoms with van der Waals surface area (Å²) in [6, 6.07) is 12.5. The molecule has 0 N–H and O–H groups in total. The Morgan fingerprint density at radius 2 is 1.80 bits per heavy atom. The van der Waals surface area contributed by atoms with Crippen LogP contribution in [0.4, 0.5) is 5.69 Å². The van der Waals surface area contributed by atoms with Crippen LogP contribution >= 0.6 is 11.6 Å². The van der Waals surface area contributed by atoms with E-state index in [9.17, 15) is 9.59 Å². The summed E-state index contributed by atoms with van der Waals surface area (Å²) in [6.45, 7) is 6.60. The lowest BCUT2D eigenvalue weighted by Crippen LogP contribution is -2.58. The molecule has 5 heteroatoms. The number of aryl methyl sites for hydroxylation is 2. The van der Waals surface area contributed by atoms with Crippen molar-refractivity contribution in [3.63, 3.8) is 0 Å². The maximum Gasteiger partial charge on any atom is 0.254 e. The quantitative estimate of drug-likeness (QED) is 0.820. The molecular weight excluding hydrogens is 336 g/mol. The van der Waals surface area contributed by atoms with E-state index < -0.39 is 6.04 Å². The number of piperazine rings is 1. The van der Waals surface area contributed by atoms with E-state index in [1.807, 2.05) is 50.2 Å². The summed E-state index contributed by atoms with van der Waals surface area (Å²) in [5.74, 6) is -0.181. The largest absolute Gasteiger partial charge is 0.325 e. The van der Waals surface area contributed by atoms with Crippen LogP contribution in [0.15, 0.2) is 42.5 Å². The minimum atomic E-state index is -0.515. The summed E-state index contributed by atoms with van der Waals surface area (Å²) in [7, 11) is 0. The second-order valence-electron chi connectivity index (χ2n) is 6.41. The predicted octanol–water partition coefficient (Wildman–Crippen LogP) is 3.83. The lowest BCUT2D eigenvalue weighted by molar-refractivity contribution is -0.124. The molecule has 0 aliphatic carbocycles. The molecule has 0 bridgehead atoms. The van der Waals surface area contributed by atoms with E-state index in [0.29, 0.717) is 23.7 Å². The standard InChI is InChI=1S/C20H21ClN2O2/c1-13-6-4-5-7-17(13)20(25)22-10-11-23(19(24)15(22)3)18-12-16(21)9-8-14(18)2/h4-9,12,15H,10-11H2,1-3H3. The number of carbonyl (C=O) groups is 2. The summed E-state index contributed by atoms with van der Waals surface area (Å²) in [5.41, 5.74) is 3.37. The zero-order valence-corrected chi connectivity index (χ0v) is 15.4. The van der Waals surface area contributed by atoms with Gasteiger partial charge in [0.1, 0.15) is 6.04 Å². The highest BCUT2D eigenvalue weighted by molar-refractivity contribution is 6.31. The molecular formula is C20H21ClN2O2. The SMILES string of the molecule is Cc1ccccc1C(=O)N1CCN(c2cc(Cl)ccc2C)C(=O)C1C. The van der Waals surface area contributed by atoms with Gasteiger partial charge in [0.05, 0.1) is 0 Å². The zero-order chi connectivity index (χ0) is 18.1. The molecule has 2 amide bonds. The molecule has 2 aromatic carbocycles. The number of hydrogen-bond donors (Lipinski definition) is 0. The van der Waals surface area contributed by atoms with Crippen molar-refractivity contribution in [1.29, 1.82) is 0 Å². The van der Waals surface area contributed by atoms with E-state index in [1.54, 1.807) is 22.8 Å². The van der Waals surface area contributed by atoms with Crippen molar-refractivity contribution in [1.82, 2.24) is 4.90 Å². The fourth-order valence-corrected chi connectivity index (χ4v) is 3.39. The van der Waals surface area contributed by atoms with E-state index >= 15 is 0 Å². The van der Waals surface area contributed by atoms with Crippen LogP contribution in [0.25, 0.3) is 0 Å². The minimum Gasteiger partial charge on any atom is -0.325 e. The van der Waals surface area contributed by atoms with Gasteiger partial charge in [0, 0.05) is 29.4 Å². The van der Waals surface area contributed by atoms with E-state index in [1.165, 1.54) is 0 Å². The van der Waals surface area contributed by atoms with Crippen LogP contribution in [0.5, 0.6) is 0 Å². The summed E-state index contributed by atoms with van der Waals surface area (Å²) >= 11 is 6.09. The summed E-state index contributed by atoms with van der Waals surface area (Å²) in [5, 5.41) is 0.597. The van der Waals surface area contributed by atoms with Crippen LogP contribution in [0, 0.1) is 13.8 Å². The van der Waals surface area contributed by atoms with Crippen LogP contribution in [0.3, 0.4) is 0 Å². The van der Waals surface area contributed by atoms with Crippen molar-refractivity contribution in [2.45, 2.75) is 26.8 Å². The first-order chi connectivity index (χ1) is 11.9. The Morgan fingerprint density at radius 1 is 1.08 bits per heavy atom. The number of halogens is 1. The summed E-state index contributed by atoms with van der Waals surface area (Å²) in [6.07, 6.45) is 0. The fourth-order valence-electron chi connectivity index (χ4n) is 3.23. The Morgan fingerprint density at radius 3 is 2.52 bits per heavy atom. The van der Waals surface area contributed by atoms with Gasteiger partial charge in [-0.25, -0.2) is 0 Å². The van der Waals surface area contributed by atoms with Crippen molar-refractivity contribution in [3.8, 4) is 0 Å². The molecule has 1 heterocycles. The topological polar surface area (TPSA) is 40.6 Å². The van der Waals surface area contributed by atoms with Gasteiger partial charge in [-0.15, -0.1) is 0 Å². The van der Waals surface area contributed by atoms with Gasteiger partial charge < -0.3 is 9.80 Å². The molecule has 1 fully saturated rings. The van der Waals surface area contributed by atoms with Crippen molar-refractivity contribution in [2.75, 3.05) is 18.0 Å². The van der Waals surface area contributed by atoms with Crippen molar-refractivity contribution in [3.05, 3.63) is 64.2 Å². The normalized spacial score (nSPS) is 17.8. The number of hydrogen-bond acceptors (Lipinski definition) is 2. The smallest absolute Gasteiger partial charge is 0.254 e. The summed E-state index contributed by atoms with van der Waals surface area (Å²) in [4.78, 5) is 29.2. The molecule has 3 rings (SSSR count). The average molecular weight is 357 g/mol. The minimum absolute atomic E-state index is 0.0847. The van der Waals surface area contributed by atoms with Crippen LogP contribution in [-0.4, -0.2) is 35.8 Å². The highest BCUT2D eigenvalue weighted by Gasteiger charge is 2.36. The van der Waals surface area contributed by atoms with Gasteiger partial charge in [0.15, 0.2) is 0 Å². The highest BCUT2D eigenvalue weighted by atomic mass is 35.5. The zero-order valence-electron chi connectivity index (χ0n) is 14.6. The van der Waals surface area contributed by atoms with Gasteiger partial charge in [-0.1, -0.05) is 35.9 Å². The molecule has 0 radical (unpaired) electrons. The number of carbonyl (C=O) groups excluding carboxylic acids is 2. The van der Waals surface area contributed by atoms with Crippen LogP contribution in [0.2, 0.25) is 5.02 Å². The van der Waals surface area contributed by atoms with Crippen LogP contribution in [-0.2, 0) is 4.79 Å². The van der Waals surface area contributed by atoms with Gasteiger partial charge in [0.25, 0.3) is 5.91 Å². The number of benzene rings is 2. The van der Waals surface area contributed by atoms with Crippen molar-refractivity contribution in [2.24, 2.45) is 0 Å². The lowest BCUT2D eigenvalue weighted by atomic mass is 10.0. The van der Waals surface area contributed by atoms with Gasteiger partial charge in [-0.3, -0.25) is 9.59 Å². The average Bonchev–Trinajstić information content (AvgIpc) is 2.59. The van der Waals surface area contributed by atoms with E-state index in [2.05, 4.69) is 0 Å². The van der Waals surface area contributed by atoms with Crippen LogP contribution in [0.1, 0.15) is 28.4 Å². The third kappa shape index (κ3) is 3.27. The molecule has 1 aliphatic rings. The molecule has 130 valence electrons. The van der Waals surface area contributed by atoms with Gasteiger partial charge in [-0.2, -0.15) is 0 Å². The molecule has 4 nitrogen and oxygen atoms in total. The van der Waals surface area contributed by atoms with Gasteiger partial charge in [0.2, 0.25) is 5.91 Å². The highest BCUT2D eigenvalue weighted by Crippen LogP contribution is 2.28. The lowest BCUT2D eigenvalue weighted by Gasteiger charge is -2.39. The molecule has 0 saturated carbocycles. The second kappa shape index (κ2) is 6.89. The second-order valence-corrected chi connectivity index (χ2v) is 6.85. The Labute approximate surface area is 153 Å². The first kappa shape index (κ1) is 17.5. The van der Waals surface area contributed by atoms with E-state index in [-0.39, 0.29) is 11.8 Å². The molecule has 2 aromatic rings. The molecule has 1 unspecified atom stereocenters. The Kier molecular flexibility index (Phi) is 4.82. The Bertz CT molecular complexity index is 834. The summed E-state index contributed by atoms with van der Waals surface area (Å²) < 4.78 is 0. The fraction of sp³-hybridized carbons (Fsp3) is 0.300. The predicted molar refractivity (Wildman–Crippen MR) is 100 cm³/mol. The van der Waals surface area contributed by atoms with Gasteiger partial charge >= 0.3 is 0 Å². The maximum atomic E-state index is 12.9. The van der Waals surface area contributed by atoms with E-state index in [4.69, 9.17) is 11.6 Å². The van der Waals surface area contributed by atoms with Gasteiger partial charge in [-0.05, 0) is 50.1 Å². The number of amides is 2. The van der Waals surface area contributed by atoms with Crippen LogP contribution < -0.4 is 4.90 Å². The van der Waals surface area contributed by atoms with Crippen molar-refractivity contribution < 1.29 is 9.59 Å². The Balaban J connectivity index is 1.86. The third-order valence-corrected chi connectivity index (χ3v) is 4.99. The third-order valence-electron chi connectivity index (χ3n) is 4.75. The molecule has 1 atom stereocenters. The molecule has 1 aliphatic heterocycles. The molecule has 0 aromatic heterocycles.